The van der Waals surface area contributed by atoms with Crippen molar-refractivity contribution < 1.29 is 33.2 Å². The van der Waals surface area contributed by atoms with E-state index < -0.39 is 0 Å². The number of piperazine rings is 1. The highest BCUT2D eigenvalue weighted by atomic mass is 32.1. The molecule has 1 fully saturated rings. The summed E-state index contributed by atoms with van der Waals surface area (Å²) in [5.74, 6) is 4.78. The summed E-state index contributed by atoms with van der Waals surface area (Å²) in [5.41, 5.74) is 3.99. The minimum atomic E-state index is 0.570. The lowest BCUT2D eigenvalue weighted by atomic mass is 10.1. The summed E-state index contributed by atoms with van der Waals surface area (Å²) in [4.78, 5) is 9.92. The molecule has 55 heavy (non-hydrogen) atoms. The van der Waals surface area contributed by atoms with E-state index in [1.54, 1.807) is 46.9 Å². The van der Waals surface area contributed by atoms with Crippen molar-refractivity contribution in [3.05, 3.63) is 83.9 Å². The maximum atomic E-state index is 6.21. The minimum Gasteiger partial charge on any atom is -0.493 e. The molecule has 1 aliphatic heterocycles. The Hall–Kier alpha value is -4.97. The van der Waals surface area contributed by atoms with Crippen LogP contribution in [0.3, 0.4) is 0 Å². The SMILES string of the molecule is COc1cc(-c2nc3ccccc3s2)ccc1OCCCCN1CCN(CCCCOc2cc(/C=C\c3cc(OC)c(OC)c(OC)c3)ccc2OC)CC1. The summed E-state index contributed by atoms with van der Waals surface area (Å²) in [6.07, 6.45) is 8.21. The van der Waals surface area contributed by atoms with Crippen molar-refractivity contribution in [1.82, 2.24) is 14.8 Å². The molecule has 0 aliphatic carbocycles. The van der Waals surface area contributed by atoms with E-state index in [0.717, 1.165) is 115 Å². The number of nitrogens with zero attached hydrogens (tertiary/aromatic N) is 3. The third-order valence-electron chi connectivity index (χ3n) is 9.76. The normalized spacial score (nSPS) is 13.6. The Labute approximate surface area is 329 Å². The molecular formula is C44H53N3O7S. The number of fused-ring (bicyclic) bond motifs is 1. The predicted octanol–water partition coefficient (Wildman–Crippen LogP) is 8.81. The lowest BCUT2D eigenvalue weighted by molar-refractivity contribution is 0.126. The molecule has 1 aromatic heterocycles. The third kappa shape index (κ3) is 10.6. The van der Waals surface area contributed by atoms with Crippen molar-refractivity contribution in [2.45, 2.75) is 25.7 Å². The lowest BCUT2D eigenvalue weighted by Crippen LogP contribution is -2.46. The number of hydrogen-bond acceptors (Lipinski definition) is 11. The van der Waals surface area contributed by atoms with Crippen molar-refractivity contribution in [3.8, 4) is 50.8 Å². The van der Waals surface area contributed by atoms with Crippen molar-refractivity contribution in [3.63, 3.8) is 0 Å². The van der Waals surface area contributed by atoms with E-state index >= 15 is 0 Å². The third-order valence-corrected chi connectivity index (χ3v) is 10.9. The molecule has 4 aromatic carbocycles. The van der Waals surface area contributed by atoms with E-state index in [1.165, 1.54) is 4.70 Å². The molecule has 2 heterocycles. The van der Waals surface area contributed by atoms with Gasteiger partial charge in [-0.15, -0.1) is 11.3 Å². The molecule has 11 heteroatoms. The second-order valence-corrected chi connectivity index (χ2v) is 14.4. The molecule has 0 N–H and O–H groups in total. The maximum absolute atomic E-state index is 6.21. The van der Waals surface area contributed by atoms with Crippen LogP contribution in [0.25, 0.3) is 32.9 Å². The summed E-state index contributed by atoms with van der Waals surface area (Å²) in [6, 6.07) is 24.1. The fourth-order valence-electron chi connectivity index (χ4n) is 6.69. The van der Waals surface area contributed by atoms with Crippen LogP contribution in [0.1, 0.15) is 36.8 Å². The number of unbranched alkanes of at least 4 members (excludes halogenated alkanes) is 2. The van der Waals surface area contributed by atoms with Crippen LogP contribution in [-0.4, -0.2) is 103 Å². The van der Waals surface area contributed by atoms with Gasteiger partial charge in [0.25, 0.3) is 0 Å². The number of aromatic nitrogens is 1. The molecule has 0 saturated carbocycles. The predicted molar refractivity (Wildman–Crippen MR) is 222 cm³/mol. The highest BCUT2D eigenvalue weighted by Gasteiger charge is 2.17. The number of para-hydroxylation sites is 1. The second kappa shape index (κ2) is 20.1. The van der Waals surface area contributed by atoms with Crippen molar-refractivity contribution in [2.75, 3.05) is 88.0 Å². The van der Waals surface area contributed by atoms with Gasteiger partial charge >= 0.3 is 0 Å². The van der Waals surface area contributed by atoms with Crippen LogP contribution in [0.2, 0.25) is 0 Å². The second-order valence-electron chi connectivity index (χ2n) is 13.3. The molecule has 0 unspecified atom stereocenters. The van der Waals surface area contributed by atoms with E-state index in [-0.39, 0.29) is 0 Å². The standard InChI is InChI=1S/C44H53N3O7S/c1-48-36-18-16-32(14-15-33-29-40(50-3)43(52-5)41(30-33)51-4)28-39(36)54-27-11-9-21-47-24-22-46(23-25-47)20-8-10-26-53-37-19-17-34(31-38(37)49-2)44-45-35-12-6-7-13-42(35)55-44/h6-7,12-19,28-31H,8-11,20-27H2,1-5H3/b15-14-. The lowest BCUT2D eigenvalue weighted by Gasteiger charge is -2.34. The van der Waals surface area contributed by atoms with Gasteiger partial charge in [-0.05, 0) is 104 Å². The van der Waals surface area contributed by atoms with Gasteiger partial charge < -0.3 is 43.0 Å². The molecule has 0 spiro atoms. The average Bonchev–Trinajstić information content (AvgIpc) is 3.67. The summed E-state index contributed by atoms with van der Waals surface area (Å²) in [7, 11) is 8.19. The molecule has 1 aliphatic rings. The van der Waals surface area contributed by atoms with Crippen LogP contribution in [0.4, 0.5) is 0 Å². The first kappa shape index (κ1) is 39.7. The van der Waals surface area contributed by atoms with Crippen LogP contribution >= 0.6 is 11.3 Å². The minimum absolute atomic E-state index is 0.570. The highest BCUT2D eigenvalue weighted by Crippen LogP contribution is 2.39. The summed E-state index contributed by atoms with van der Waals surface area (Å²) in [6.45, 7) is 7.89. The first-order chi connectivity index (χ1) is 27.0. The van der Waals surface area contributed by atoms with E-state index in [2.05, 4.69) is 21.9 Å². The van der Waals surface area contributed by atoms with Gasteiger partial charge in [0.15, 0.2) is 34.5 Å². The van der Waals surface area contributed by atoms with Crippen molar-refractivity contribution in [2.24, 2.45) is 0 Å². The molecular weight excluding hydrogens is 715 g/mol. The molecule has 0 amide bonds. The van der Waals surface area contributed by atoms with Gasteiger partial charge in [0.2, 0.25) is 5.75 Å². The molecule has 0 radical (unpaired) electrons. The highest BCUT2D eigenvalue weighted by molar-refractivity contribution is 7.21. The van der Waals surface area contributed by atoms with Gasteiger partial charge in [-0.1, -0.05) is 30.4 Å². The quantitative estimate of drug-likeness (QED) is 0.0566. The zero-order valence-corrected chi connectivity index (χ0v) is 33.5. The maximum Gasteiger partial charge on any atom is 0.203 e. The van der Waals surface area contributed by atoms with Crippen LogP contribution in [0.15, 0.2) is 72.8 Å². The first-order valence-corrected chi connectivity index (χ1v) is 19.7. The van der Waals surface area contributed by atoms with Gasteiger partial charge in [-0.25, -0.2) is 4.98 Å². The number of rotatable bonds is 20. The van der Waals surface area contributed by atoms with Crippen LogP contribution in [-0.2, 0) is 0 Å². The molecule has 6 rings (SSSR count). The Morgan fingerprint density at radius 2 is 1.15 bits per heavy atom. The number of hydrogen-bond donors (Lipinski definition) is 0. The number of ether oxygens (including phenoxy) is 7. The Kier molecular flexibility index (Phi) is 14.5. The van der Waals surface area contributed by atoms with Gasteiger partial charge in [-0.3, -0.25) is 0 Å². The number of methoxy groups -OCH3 is 5. The molecule has 5 aromatic rings. The number of thiazole rings is 1. The summed E-state index contributed by atoms with van der Waals surface area (Å²) < 4.78 is 41.2. The zero-order chi connectivity index (χ0) is 38.4. The fraction of sp³-hybridized carbons (Fsp3) is 0.386. The number of benzene rings is 4. The van der Waals surface area contributed by atoms with E-state index in [9.17, 15) is 0 Å². The van der Waals surface area contributed by atoms with Gasteiger partial charge in [0, 0.05) is 31.7 Å². The monoisotopic (exact) mass is 767 g/mol. The summed E-state index contributed by atoms with van der Waals surface area (Å²) in [5, 5.41) is 0.985. The molecule has 1 saturated heterocycles. The van der Waals surface area contributed by atoms with Crippen LogP contribution in [0.5, 0.6) is 40.2 Å². The van der Waals surface area contributed by atoms with E-state index in [4.69, 9.17) is 38.1 Å². The Balaban J connectivity index is 0.865. The topological polar surface area (TPSA) is 84.0 Å². The Bertz CT molecular complexity index is 1950. The summed E-state index contributed by atoms with van der Waals surface area (Å²) >= 11 is 1.69. The van der Waals surface area contributed by atoms with E-state index in [0.29, 0.717) is 30.5 Å². The van der Waals surface area contributed by atoms with Gasteiger partial charge in [0.05, 0.1) is 59.0 Å². The Morgan fingerprint density at radius 1 is 0.564 bits per heavy atom. The first-order valence-electron chi connectivity index (χ1n) is 18.9. The van der Waals surface area contributed by atoms with Crippen molar-refractivity contribution >= 4 is 33.7 Å². The van der Waals surface area contributed by atoms with Crippen LogP contribution in [0, 0.1) is 0 Å². The van der Waals surface area contributed by atoms with Gasteiger partial charge in [0.1, 0.15) is 5.01 Å². The van der Waals surface area contributed by atoms with Gasteiger partial charge in [-0.2, -0.15) is 0 Å². The molecule has 10 nitrogen and oxygen atoms in total. The van der Waals surface area contributed by atoms with Crippen LogP contribution < -0.4 is 33.2 Å². The fourth-order valence-corrected chi connectivity index (χ4v) is 7.65. The molecule has 292 valence electrons. The Morgan fingerprint density at radius 3 is 1.76 bits per heavy atom. The molecule has 0 bridgehead atoms. The largest absolute Gasteiger partial charge is 0.493 e. The van der Waals surface area contributed by atoms with E-state index in [1.807, 2.05) is 72.8 Å². The average molecular weight is 768 g/mol. The zero-order valence-electron chi connectivity index (χ0n) is 32.7. The molecule has 0 atom stereocenters. The smallest absolute Gasteiger partial charge is 0.203 e. The van der Waals surface area contributed by atoms with Crippen molar-refractivity contribution in [1.29, 1.82) is 0 Å².